The van der Waals surface area contributed by atoms with Gasteiger partial charge in [-0.05, 0) is 37.1 Å². The number of benzene rings is 2. The van der Waals surface area contributed by atoms with Crippen LogP contribution in [-0.4, -0.2) is 20.5 Å². The van der Waals surface area contributed by atoms with Crippen molar-refractivity contribution in [1.29, 1.82) is 0 Å². The molecule has 5 nitrogen and oxygen atoms in total. The molecule has 1 atom stereocenters. The number of carbonyl (C=O) groups is 1. The van der Waals surface area contributed by atoms with Crippen LogP contribution in [0.1, 0.15) is 26.3 Å². The van der Waals surface area contributed by atoms with Gasteiger partial charge in [0.25, 0.3) is 10.0 Å². The number of para-hydroxylation sites is 2. The van der Waals surface area contributed by atoms with Crippen LogP contribution in [0.15, 0.2) is 53.4 Å². The second kappa shape index (κ2) is 6.19. The van der Waals surface area contributed by atoms with Crippen LogP contribution < -0.4 is 9.21 Å². The molecule has 0 saturated heterocycles. The first-order valence-electron chi connectivity index (χ1n) is 8.25. The van der Waals surface area contributed by atoms with Gasteiger partial charge in [-0.1, -0.05) is 43.7 Å². The third-order valence-corrected chi connectivity index (χ3v) is 6.20. The summed E-state index contributed by atoms with van der Waals surface area (Å²) in [5.74, 6) is -0.246. The minimum atomic E-state index is -3.79. The smallest absolute Gasteiger partial charge is 0.266 e. The Balaban J connectivity index is 2.22. The summed E-state index contributed by atoms with van der Waals surface area (Å²) in [7, 11) is -3.79. The lowest BCUT2D eigenvalue weighted by Crippen LogP contribution is -2.51. The Morgan fingerprint density at radius 1 is 1.00 bits per heavy atom. The molecule has 2 aromatic carbocycles. The zero-order valence-electron chi connectivity index (χ0n) is 14.8. The van der Waals surface area contributed by atoms with Gasteiger partial charge in [-0.2, -0.15) is 0 Å². The molecule has 0 saturated carbocycles. The number of anilines is 2. The molecule has 0 unspecified atom stereocenters. The van der Waals surface area contributed by atoms with E-state index in [1.807, 2.05) is 26.8 Å². The van der Waals surface area contributed by atoms with E-state index in [0.29, 0.717) is 11.4 Å². The Morgan fingerprint density at radius 2 is 1.56 bits per heavy atom. The second-order valence-electron chi connectivity index (χ2n) is 6.65. The zero-order chi connectivity index (χ0) is 18.4. The molecule has 0 aliphatic carbocycles. The third kappa shape index (κ3) is 2.80. The largest absolute Gasteiger partial charge is 0.288 e. The van der Waals surface area contributed by atoms with Crippen molar-refractivity contribution in [1.82, 2.24) is 0 Å². The quantitative estimate of drug-likeness (QED) is 0.843. The molecular formula is C19H22N2O3S. The molecule has 1 amide bonds. The molecule has 0 aromatic heterocycles. The van der Waals surface area contributed by atoms with Gasteiger partial charge in [0.1, 0.15) is 6.17 Å². The standard InChI is InChI=1S/C19H22N2O3S/c1-13(2)19-20(15(4)22)17-7-5-6-8-18(17)21(19)25(23,24)16-11-9-14(3)10-12-16/h5-13,19H,1-4H3/t19-/m1/s1. The van der Waals surface area contributed by atoms with E-state index in [4.69, 9.17) is 0 Å². The van der Waals surface area contributed by atoms with Gasteiger partial charge in [-0.15, -0.1) is 0 Å². The molecule has 1 heterocycles. The number of fused-ring (bicyclic) bond motifs is 1. The number of hydrogen-bond acceptors (Lipinski definition) is 3. The lowest BCUT2D eigenvalue weighted by Gasteiger charge is -2.33. The Labute approximate surface area is 148 Å². The highest BCUT2D eigenvalue weighted by molar-refractivity contribution is 7.93. The number of hydrogen-bond donors (Lipinski definition) is 0. The van der Waals surface area contributed by atoms with Crippen molar-refractivity contribution in [2.24, 2.45) is 5.92 Å². The van der Waals surface area contributed by atoms with Gasteiger partial charge in [0.2, 0.25) is 5.91 Å². The monoisotopic (exact) mass is 358 g/mol. The van der Waals surface area contributed by atoms with Crippen molar-refractivity contribution < 1.29 is 13.2 Å². The molecule has 0 N–H and O–H groups in total. The van der Waals surface area contributed by atoms with Gasteiger partial charge in [-0.3, -0.25) is 9.69 Å². The number of carbonyl (C=O) groups excluding carboxylic acids is 1. The maximum Gasteiger partial charge on any atom is 0.266 e. The van der Waals surface area contributed by atoms with E-state index < -0.39 is 16.2 Å². The van der Waals surface area contributed by atoms with Crippen LogP contribution in [-0.2, 0) is 14.8 Å². The predicted molar refractivity (Wildman–Crippen MR) is 99.1 cm³/mol. The highest BCUT2D eigenvalue weighted by atomic mass is 32.2. The van der Waals surface area contributed by atoms with E-state index in [0.717, 1.165) is 5.56 Å². The van der Waals surface area contributed by atoms with E-state index in [2.05, 4.69) is 0 Å². The fourth-order valence-electron chi connectivity index (χ4n) is 3.26. The van der Waals surface area contributed by atoms with Gasteiger partial charge in [0, 0.05) is 6.92 Å². The van der Waals surface area contributed by atoms with Gasteiger partial charge in [0.05, 0.1) is 16.3 Å². The fourth-order valence-corrected chi connectivity index (χ4v) is 5.01. The molecule has 0 bridgehead atoms. The highest BCUT2D eigenvalue weighted by Gasteiger charge is 2.45. The van der Waals surface area contributed by atoms with Crippen LogP contribution >= 0.6 is 0 Å². The van der Waals surface area contributed by atoms with E-state index in [1.165, 1.54) is 11.2 Å². The number of sulfonamides is 1. The van der Waals surface area contributed by atoms with Crippen LogP contribution in [0, 0.1) is 12.8 Å². The maximum atomic E-state index is 13.4. The summed E-state index contributed by atoms with van der Waals surface area (Å²) in [4.78, 5) is 14.1. The van der Waals surface area contributed by atoms with Crippen molar-refractivity contribution in [3.63, 3.8) is 0 Å². The molecular weight excluding hydrogens is 336 g/mol. The Morgan fingerprint density at radius 3 is 2.08 bits per heavy atom. The van der Waals surface area contributed by atoms with Crippen LogP contribution in [0.25, 0.3) is 0 Å². The minimum absolute atomic E-state index is 0.0727. The number of nitrogens with zero attached hydrogens (tertiary/aromatic N) is 2. The van der Waals surface area contributed by atoms with Crippen molar-refractivity contribution >= 4 is 27.3 Å². The average Bonchev–Trinajstić information content (AvgIpc) is 2.91. The van der Waals surface area contributed by atoms with Gasteiger partial charge >= 0.3 is 0 Å². The Hall–Kier alpha value is -2.34. The third-order valence-electron chi connectivity index (χ3n) is 4.40. The van der Waals surface area contributed by atoms with Gasteiger partial charge < -0.3 is 0 Å². The number of aryl methyl sites for hydroxylation is 1. The molecule has 6 heteroatoms. The molecule has 1 aliphatic rings. The second-order valence-corrected chi connectivity index (χ2v) is 8.46. The average molecular weight is 358 g/mol. The first-order valence-corrected chi connectivity index (χ1v) is 9.69. The van der Waals surface area contributed by atoms with Gasteiger partial charge in [0.15, 0.2) is 0 Å². The van der Waals surface area contributed by atoms with E-state index in [-0.39, 0.29) is 16.7 Å². The van der Waals surface area contributed by atoms with Crippen LogP contribution in [0.3, 0.4) is 0 Å². The number of rotatable bonds is 3. The predicted octanol–water partition coefficient (Wildman–Crippen LogP) is 3.54. The summed E-state index contributed by atoms with van der Waals surface area (Å²) in [6, 6.07) is 13.9. The number of amides is 1. The zero-order valence-corrected chi connectivity index (χ0v) is 15.6. The van der Waals surface area contributed by atoms with Crippen LogP contribution in [0.5, 0.6) is 0 Å². The van der Waals surface area contributed by atoms with Crippen molar-refractivity contribution in [3.8, 4) is 0 Å². The van der Waals surface area contributed by atoms with Crippen molar-refractivity contribution in [2.45, 2.75) is 38.8 Å². The Kier molecular flexibility index (Phi) is 4.33. The molecule has 0 radical (unpaired) electrons. The fraction of sp³-hybridized carbons (Fsp3) is 0.316. The summed E-state index contributed by atoms with van der Waals surface area (Å²) >= 11 is 0. The summed E-state index contributed by atoms with van der Waals surface area (Å²) in [6.45, 7) is 7.22. The van der Waals surface area contributed by atoms with Crippen LogP contribution in [0.4, 0.5) is 11.4 Å². The summed E-state index contributed by atoms with van der Waals surface area (Å²) in [6.07, 6.45) is -0.582. The summed E-state index contributed by atoms with van der Waals surface area (Å²) in [5, 5.41) is 0. The lowest BCUT2D eigenvalue weighted by atomic mass is 10.1. The summed E-state index contributed by atoms with van der Waals surface area (Å²) in [5.41, 5.74) is 2.16. The molecule has 1 aliphatic heterocycles. The van der Waals surface area contributed by atoms with Crippen LogP contribution in [0.2, 0.25) is 0 Å². The topological polar surface area (TPSA) is 57.7 Å². The molecule has 0 spiro atoms. The summed E-state index contributed by atoms with van der Waals surface area (Å²) < 4.78 is 28.1. The lowest BCUT2D eigenvalue weighted by molar-refractivity contribution is -0.117. The highest BCUT2D eigenvalue weighted by Crippen LogP contribution is 2.44. The van der Waals surface area contributed by atoms with Crippen molar-refractivity contribution in [2.75, 3.05) is 9.21 Å². The van der Waals surface area contributed by atoms with E-state index in [9.17, 15) is 13.2 Å². The van der Waals surface area contributed by atoms with Gasteiger partial charge in [-0.25, -0.2) is 12.7 Å². The normalized spacial score (nSPS) is 17.1. The SMILES string of the molecule is CC(=O)N1c2ccccc2N(S(=O)(=O)c2ccc(C)cc2)[C@@H]1C(C)C. The van der Waals surface area contributed by atoms with E-state index in [1.54, 1.807) is 47.4 Å². The molecule has 3 rings (SSSR count). The first kappa shape index (κ1) is 17.5. The first-order chi connectivity index (χ1) is 11.7. The molecule has 132 valence electrons. The van der Waals surface area contributed by atoms with Crippen molar-refractivity contribution in [3.05, 3.63) is 54.1 Å². The maximum absolute atomic E-state index is 13.4. The molecule has 0 fully saturated rings. The Bertz CT molecular complexity index is 905. The molecule has 25 heavy (non-hydrogen) atoms. The van der Waals surface area contributed by atoms with E-state index >= 15 is 0 Å². The minimum Gasteiger partial charge on any atom is -0.288 e. The molecule has 2 aromatic rings.